The van der Waals surface area contributed by atoms with Gasteiger partial charge in [-0.15, -0.1) is 0 Å². The average Bonchev–Trinajstić information content (AvgIpc) is 2.62. The molecule has 0 fully saturated rings. The fourth-order valence-electron chi connectivity index (χ4n) is 2.69. The molecule has 0 saturated carbocycles. The van der Waals surface area contributed by atoms with Crippen LogP contribution in [0.2, 0.25) is 0 Å². The molecule has 3 N–H and O–H groups in total. The number of unbranched alkanes of at least 4 members (excludes halogenated alkanes) is 1. The number of aromatic nitrogens is 4. The number of nitrogen functional groups attached to an aromatic ring is 1. The van der Waals surface area contributed by atoms with E-state index in [2.05, 4.69) is 19.9 Å². The lowest BCUT2D eigenvalue weighted by Gasteiger charge is -2.17. The zero-order valence-corrected chi connectivity index (χ0v) is 14.9. The van der Waals surface area contributed by atoms with Crippen LogP contribution in [0.1, 0.15) is 26.7 Å². The van der Waals surface area contributed by atoms with Crippen LogP contribution in [0.3, 0.4) is 0 Å². The van der Waals surface area contributed by atoms with E-state index in [1.807, 2.05) is 26.0 Å². The smallest absolute Gasteiger partial charge is 0.320 e. The molecule has 1 atom stereocenters. The topological polar surface area (TPSA) is 128 Å². The minimum Gasteiger partial charge on any atom is -0.463 e. The first-order valence-corrected chi connectivity index (χ1v) is 8.62. The molecule has 1 aliphatic heterocycles. The van der Waals surface area contributed by atoms with Gasteiger partial charge < -0.3 is 15.5 Å². The molecule has 138 valence electrons. The summed E-state index contributed by atoms with van der Waals surface area (Å²) in [4.78, 5) is 39.7. The number of hydrogen-bond donors (Lipinski definition) is 2. The van der Waals surface area contributed by atoms with Gasteiger partial charge in [-0.1, -0.05) is 19.4 Å². The highest BCUT2D eigenvalue weighted by Crippen LogP contribution is 2.18. The number of H-pyrrole nitrogens is 1. The Bertz CT molecular complexity index is 988. The molecule has 26 heavy (non-hydrogen) atoms. The number of aliphatic imine (C=N–C) groups is 1. The maximum absolute atomic E-state index is 12.4. The maximum atomic E-state index is 12.4. The summed E-state index contributed by atoms with van der Waals surface area (Å²) in [6.07, 6.45) is 5.70. The molecule has 0 spiro atoms. The lowest BCUT2D eigenvalue weighted by molar-refractivity contribution is 0.286. The third-order valence-electron chi connectivity index (χ3n) is 4.16. The first-order valence-electron chi connectivity index (χ1n) is 8.62. The number of hydrogen-bond acceptors (Lipinski definition) is 7. The van der Waals surface area contributed by atoms with E-state index in [4.69, 9.17) is 10.5 Å². The van der Waals surface area contributed by atoms with E-state index < -0.39 is 11.1 Å². The molecular formula is C17H22N6O3. The van der Waals surface area contributed by atoms with Gasteiger partial charge in [-0.05, 0) is 19.4 Å². The molecule has 1 aliphatic rings. The van der Waals surface area contributed by atoms with Crippen molar-refractivity contribution in [2.24, 2.45) is 10.9 Å². The number of rotatable bonds is 6. The van der Waals surface area contributed by atoms with Gasteiger partial charge in [-0.2, -0.15) is 9.97 Å². The number of dihydropyridines is 1. The van der Waals surface area contributed by atoms with Crippen molar-refractivity contribution in [2.45, 2.75) is 33.2 Å². The van der Waals surface area contributed by atoms with Crippen LogP contribution in [0.4, 0.5) is 5.82 Å². The highest BCUT2D eigenvalue weighted by molar-refractivity contribution is 5.93. The number of fused-ring (bicyclic) bond motifs is 1. The van der Waals surface area contributed by atoms with E-state index in [0.29, 0.717) is 13.2 Å². The lowest BCUT2D eigenvalue weighted by Crippen LogP contribution is -2.38. The van der Waals surface area contributed by atoms with Crippen LogP contribution in [0.15, 0.2) is 26.7 Å². The van der Waals surface area contributed by atoms with Crippen LogP contribution in [0.5, 0.6) is 6.01 Å². The second-order valence-corrected chi connectivity index (χ2v) is 6.26. The van der Waals surface area contributed by atoms with Crippen LogP contribution in [-0.2, 0) is 6.54 Å². The van der Waals surface area contributed by atoms with Crippen LogP contribution in [0.25, 0.3) is 11.2 Å². The van der Waals surface area contributed by atoms with Gasteiger partial charge in [0.2, 0.25) is 0 Å². The van der Waals surface area contributed by atoms with Crippen molar-refractivity contribution in [1.82, 2.24) is 19.5 Å². The number of nitrogens with two attached hydrogens (primary N) is 1. The molecule has 2 aromatic rings. The van der Waals surface area contributed by atoms with Crippen molar-refractivity contribution >= 4 is 22.7 Å². The third-order valence-corrected chi connectivity index (χ3v) is 4.16. The first-order chi connectivity index (χ1) is 12.5. The fourth-order valence-corrected chi connectivity index (χ4v) is 2.69. The van der Waals surface area contributed by atoms with Gasteiger partial charge in [-0.3, -0.25) is 19.1 Å². The molecule has 0 aliphatic carbocycles. The Labute approximate surface area is 149 Å². The number of nitrogens with zero attached hydrogens (tertiary/aromatic N) is 4. The maximum Gasteiger partial charge on any atom is 0.320 e. The van der Waals surface area contributed by atoms with Crippen molar-refractivity contribution in [3.63, 3.8) is 0 Å². The molecular weight excluding hydrogens is 336 g/mol. The van der Waals surface area contributed by atoms with Gasteiger partial charge >= 0.3 is 17.1 Å². The van der Waals surface area contributed by atoms with E-state index in [1.165, 1.54) is 4.57 Å². The van der Waals surface area contributed by atoms with Crippen molar-refractivity contribution in [3.8, 4) is 6.01 Å². The molecule has 1 unspecified atom stereocenters. The molecule has 9 heteroatoms. The second-order valence-electron chi connectivity index (χ2n) is 6.26. The molecule has 2 aromatic heterocycles. The SMILES string of the molecule is CCCCOc1nc(N)c2[nH]c(=O)c(=O)n(CC3C=CC(C)=NC3)c2n1. The molecule has 3 rings (SSSR count). The van der Waals surface area contributed by atoms with Gasteiger partial charge in [0.1, 0.15) is 5.52 Å². The Balaban J connectivity index is 2.04. The van der Waals surface area contributed by atoms with Gasteiger partial charge in [0.05, 0.1) is 6.61 Å². The van der Waals surface area contributed by atoms with E-state index in [9.17, 15) is 9.59 Å². The Morgan fingerprint density at radius 2 is 2.19 bits per heavy atom. The van der Waals surface area contributed by atoms with E-state index in [1.54, 1.807) is 0 Å². The van der Waals surface area contributed by atoms with Crippen molar-refractivity contribution < 1.29 is 4.74 Å². The number of allylic oxidation sites excluding steroid dienone is 1. The van der Waals surface area contributed by atoms with Gasteiger partial charge in [0.15, 0.2) is 11.5 Å². The Morgan fingerprint density at radius 3 is 2.88 bits per heavy atom. The fraction of sp³-hybridized carbons (Fsp3) is 0.471. The van der Waals surface area contributed by atoms with Crippen molar-refractivity contribution in [3.05, 3.63) is 32.9 Å². The van der Waals surface area contributed by atoms with Gasteiger partial charge in [0.25, 0.3) is 0 Å². The quantitative estimate of drug-likeness (QED) is 0.583. The van der Waals surface area contributed by atoms with Gasteiger partial charge in [-0.25, -0.2) is 0 Å². The lowest BCUT2D eigenvalue weighted by atomic mass is 10.1. The second kappa shape index (κ2) is 7.51. The zero-order chi connectivity index (χ0) is 18.7. The summed E-state index contributed by atoms with van der Waals surface area (Å²) in [6.45, 7) is 5.23. The summed E-state index contributed by atoms with van der Waals surface area (Å²) in [5.41, 5.74) is 5.93. The molecule has 3 heterocycles. The van der Waals surface area contributed by atoms with Crippen LogP contribution >= 0.6 is 0 Å². The molecule has 0 amide bonds. The normalized spacial score (nSPS) is 16.7. The summed E-state index contributed by atoms with van der Waals surface area (Å²) in [5.74, 6) is 0.0578. The molecule has 0 saturated heterocycles. The minimum absolute atomic E-state index is 0.0120. The Hall–Kier alpha value is -2.97. The summed E-state index contributed by atoms with van der Waals surface area (Å²) in [7, 11) is 0. The van der Waals surface area contributed by atoms with E-state index >= 15 is 0 Å². The van der Waals surface area contributed by atoms with E-state index in [-0.39, 0.29) is 35.5 Å². The predicted molar refractivity (Wildman–Crippen MR) is 99.8 cm³/mol. The Kier molecular flexibility index (Phi) is 5.15. The number of aromatic amines is 1. The molecule has 0 bridgehead atoms. The van der Waals surface area contributed by atoms with Crippen molar-refractivity contribution in [1.29, 1.82) is 0 Å². The minimum atomic E-state index is -0.757. The number of nitrogens with one attached hydrogen (secondary N) is 1. The number of ether oxygens (including phenoxy) is 1. The molecule has 9 nitrogen and oxygen atoms in total. The zero-order valence-electron chi connectivity index (χ0n) is 14.9. The summed E-state index contributed by atoms with van der Waals surface area (Å²) in [5, 5.41) is 0. The van der Waals surface area contributed by atoms with Crippen LogP contribution in [-0.4, -0.2) is 38.4 Å². The highest BCUT2D eigenvalue weighted by Gasteiger charge is 2.18. The standard InChI is InChI=1S/C17H22N6O3/c1-3-4-7-26-17-21-13(18)12-14(22-17)23(16(25)15(24)20-12)9-11-6-5-10(2)19-8-11/h5-6,11H,3-4,7-9H2,1-2H3,(H,20,24)(H2,18,21,22). The highest BCUT2D eigenvalue weighted by atomic mass is 16.5. The monoisotopic (exact) mass is 358 g/mol. The predicted octanol–water partition coefficient (Wildman–Crippen LogP) is 0.888. The molecule has 0 aromatic carbocycles. The molecule has 0 radical (unpaired) electrons. The van der Waals surface area contributed by atoms with Crippen LogP contribution in [0, 0.1) is 5.92 Å². The Morgan fingerprint density at radius 1 is 1.38 bits per heavy atom. The summed E-state index contributed by atoms with van der Waals surface area (Å²) >= 11 is 0. The summed E-state index contributed by atoms with van der Waals surface area (Å²) < 4.78 is 6.84. The average molecular weight is 358 g/mol. The summed E-state index contributed by atoms with van der Waals surface area (Å²) in [6, 6.07) is 0.0942. The van der Waals surface area contributed by atoms with Gasteiger partial charge in [0, 0.05) is 24.7 Å². The third kappa shape index (κ3) is 3.66. The van der Waals surface area contributed by atoms with Crippen LogP contribution < -0.4 is 21.6 Å². The van der Waals surface area contributed by atoms with E-state index in [0.717, 1.165) is 18.6 Å². The van der Waals surface area contributed by atoms with Crippen molar-refractivity contribution in [2.75, 3.05) is 18.9 Å². The largest absolute Gasteiger partial charge is 0.463 e. The first kappa shape index (κ1) is 17.8. The number of anilines is 1.